The molecule has 0 aliphatic heterocycles. The van der Waals surface area contributed by atoms with Gasteiger partial charge in [0.15, 0.2) is 5.82 Å². The number of imidazole rings is 1. The maximum absolute atomic E-state index is 8.42. The van der Waals surface area contributed by atoms with Gasteiger partial charge in [0.25, 0.3) is 0 Å². The van der Waals surface area contributed by atoms with Gasteiger partial charge in [0.05, 0.1) is 11.4 Å². The fourth-order valence-corrected chi connectivity index (χ4v) is 2.77. The van der Waals surface area contributed by atoms with E-state index in [4.69, 9.17) is 11.1 Å². The van der Waals surface area contributed by atoms with Crippen molar-refractivity contribution in [2.75, 3.05) is 5.73 Å². The predicted octanol–water partition coefficient (Wildman–Crippen LogP) is 3.39. The molecule has 5 nitrogen and oxygen atoms in total. The summed E-state index contributed by atoms with van der Waals surface area (Å²) < 4.78 is 1.94. The Morgan fingerprint density at radius 2 is 1.79 bits per heavy atom. The average Bonchev–Trinajstić information content (AvgIpc) is 2.97. The zero-order valence-corrected chi connectivity index (χ0v) is 12.8. The molecule has 0 radical (unpaired) electrons. The lowest BCUT2D eigenvalue weighted by molar-refractivity contribution is 1.18. The van der Waals surface area contributed by atoms with Gasteiger partial charge in [-0.3, -0.25) is 14.8 Å². The summed E-state index contributed by atoms with van der Waals surface area (Å²) in [5, 5.41) is 8.42. The maximum atomic E-state index is 8.42. The molecule has 1 aromatic carbocycles. The normalized spacial score (nSPS) is 10.8. The fourth-order valence-electron chi connectivity index (χ4n) is 2.77. The molecular formula is C19H15N5. The second kappa shape index (κ2) is 5.62. The fraction of sp³-hybridized carbons (Fsp3) is 0. The predicted molar refractivity (Wildman–Crippen MR) is 95.2 cm³/mol. The van der Waals surface area contributed by atoms with Crippen molar-refractivity contribution in [2.45, 2.75) is 0 Å². The van der Waals surface area contributed by atoms with E-state index < -0.39 is 0 Å². The van der Waals surface area contributed by atoms with Gasteiger partial charge >= 0.3 is 0 Å². The molecule has 3 N–H and O–H groups in total. The van der Waals surface area contributed by atoms with Gasteiger partial charge in [-0.15, -0.1) is 0 Å². The molecule has 116 valence electrons. The Morgan fingerprint density at radius 1 is 0.958 bits per heavy atom. The minimum Gasteiger partial charge on any atom is -0.382 e. The first-order valence-corrected chi connectivity index (χ1v) is 7.56. The first-order chi connectivity index (χ1) is 11.7. The number of benzene rings is 1. The average molecular weight is 313 g/mol. The van der Waals surface area contributed by atoms with E-state index >= 15 is 0 Å². The maximum Gasteiger partial charge on any atom is 0.150 e. The molecule has 5 heteroatoms. The highest BCUT2D eigenvalue weighted by Gasteiger charge is 2.13. The molecule has 0 bridgehead atoms. The van der Waals surface area contributed by atoms with Crippen LogP contribution in [-0.4, -0.2) is 20.1 Å². The molecule has 3 heterocycles. The molecule has 0 atom stereocenters. The van der Waals surface area contributed by atoms with E-state index in [1.54, 1.807) is 12.4 Å². The molecular weight excluding hydrogens is 298 g/mol. The highest BCUT2D eigenvalue weighted by Crippen LogP contribution is 2.27. The van der Waals surface area contributed by atoms with Crippen LogP contribution >= 0.6 is 0 Å². The van der Waals surface area contributed by atoms with E-state index in [1.165, 1.54) is 0 Å². The topological polar surface area (TPSA) is 80.1 Å². The number of nitrogens with one attached hydrogen (secondary N) is 1. The van der Waals surface area contributed by atoms with Crippen LogP contribution in [0.3, 0.4) is 0 Å². The van der Waals surface area contributed by atoms with Gasteiger partial charge in [0, 0.05) is 35.3 Å². The van der Waals surface area contributed by atoms with Crippen molar-refractivity contribution in [3.8, 4) is 11.3 Å². The second-order valence-electron chi connectivity index (χ2n) is 5.47. The number of nitrogen functional groups attached to an aromatic ring is 1. The first-order valence-electron chi connectivity index (χ1n) is 7.56. The molecule has 3 aromatic heterocycles. The van der Waals surface area contributed by atoms with Crippen molar-refractivity contribution in [2.24, 2.45) is 0 Å². The lowest BCUT2D eigenvalue weighted by atomic mass is 10.1. The summed E-state index contributed by atoms with van der Waals surface area (Å²) in [5.41, 5.74) is 10.7. The van der Waals surface area contributed by atoms with E-state index in [1.807, 2.05) is 65.2 Å². The summed E-state index contributed by atoms with van der Waals surface area (Å²) in [7, 11) is 0. The van der Waals surface area contributed by atoms with Crippen LogP contribution in [0, 0.1) is 5.41 Å². The second-order valence-corrected chi connectivity index (χ2v) is 5.47. The van der Waals surface area contributed by atoms with Crippen molar-refractivity contribution < 1.29 is 0 Å². The highest BCUT2D eigenvalue weighted by molar-refractivity contribution is 6.10. The van der Waals surface area contributed by atoms with Crippen molar-refractivity contribution >= 4 is 17.2 Å². The number of hydrogen-bond acceptors (Lipinski definition) is 4. The smallest absolute Gasteiger partial charge is 0.150 e. The third-order valence-corrected chi connectivity index (χ3v) is 3.93. The molecule has 4 rings (SSSR count). The van der Waals surface area contributed by atoms with Crippen molar-refractivity contribution in [3.63, 3.8) is 0 Å². The van der Waals surface area contributed by atoms with Crippen LogP contribution in [0.2, 0.25) is 0 Å². The van der Waals surface area contributed by atoms with Gasteiger partial charge in [-0.2, -0.15) is 0 Å². The third-order valence-electron chi connectivity index (χ3n) is 3.93. The van der Waals surface area contributed by atoms with E-state index in [2.05, 4.69) is 9.97 Å². The zero-order valence-electron chi connectivity index (χ0n) is 12.8. The Labute approximate surface area is 138 Å². The van der Waals surface area contributed by atoms with Gasteiger partial charge in [0.2, 0.25) is 0 Å². The largest absolute Gasteiger partial charge is 0.382 e. The molecule has 0 aliphatic carbocycles. The lowest BCUT2D eigenvalue weighted by Crippen LogP contribution is -2.03. The molecule has 0 saturated heterocycles. The molecule has 0 saturated carbocycles. The summed E-state index contributed by atoms with van der Waals surface area (Å²) in [6.45, 7) is 0. The molecule has 0 unspecified atom stereocenters. The van der Waals surface area contributed by atoms with Crippen LogP contribution < -0.4 is 5.73 Å². The van der Waals surface area contributed by atoms with E-state index in [0.717, 1.165) is 28.0 Å². The van der Waals surface area contributed by atoms with Crippen LogP contribution in [0.1, 0.15) is 11.1 Å². The molecule has 4 aromatic rings. The van der Waals surface area contributed by atoms with Crippen LogP contribution in [0.4, 0.5) is 5.82 Å². The van der Waals surface area contributed by atoms with Crippen molar-refractivity contribution in [1.29, 1.82) is 5.41 Å². The quantitative estimate of drug-likeness (QED) is 0.569. The summed E-state index contributed by atoms with van der Waals surface area (Å²) in [5.74, 6) is 0.478. The standard InChI is InChI=1S/C19H15N5/c20-17(14-7-4-10-22-11-14)15-8-9-16-23-19(21)18(24(16)12-15)13-5-2-1-3-6-13/h1-12,20H,21H2. The monoisotopic (exact) mass is 313 g/mol. The zero-order chi connectivity index (χ0) is 16.5. The lowest BCUT2D eigenvalue weighted by Gasteiger charge is -2.07. The number of rotatable bonds is 3. The number of anilines is 1. The number of aromatic nitrogens is 3. The Kier molecular flexibility index (Phi) is 3.31. The minimum absolute atomic E-state index is 0.413. The van der Waals surface area contributed by atoms with Gasteiger partial charge in [0.1, 0.15) is 5.65 Å². The van der Waals surface area contributed by atoms with Crippen molar-refractivity contribution in [1.82, 2.24) is 14.4 Å². The van der Waals surface area contributed by atoms with E-state index in [0.29, 0.717) is 11.5 Å². The van der Waals surface area contributed by atoms with Gasteiger partial charge in [-0.1, -0.05) is 30.3 Å². The van der Waals surface area contributed by atoms with Crippen LogP contribution in [0.25, 0.3) is 16.9 Å². The van der Waals surface area contributed by atoms with Gasteiger partial charge < -0.3 is 5.73 Å². The Morgan fingerprint density at radius 3 is 2.54 bits per heavy atom. The summed E-state index contributed by atoms with van der Waals surface area (Å²) in [6.07, 6.45) is 5.29. The summed E-state index contributed by atoms with van der Waals surface area (Å²) in [4.78, 5) is 8.50. The number of nitrogens with zero attached hydrogens (tertiary/aromatic N) is 3. The number of hydrogen-bond donors (Lipinski definition) is 2. The number of nitrogens with two attached hydrogens (primary N) is 1. The minimum atomic E-state index is 0.413. The summed E-state index contributed by atoms with van der Waals surface area (Å²) >= 11 is 0. The Balaban J connectivity index is 1.88. The molecule has 0 amide bonds. The highest BCUT2D eigenvalue weighted by atomic mass is 15.1. The van der Waals surface area contributed by atoms with Crippen LogP contribution in [-0.2, 0) is 0 Å². The van der Waals surface area contributed by atoms with Crippen LogP contribution in [0.5, 0.6) is 0 Å². The Hall–Kier alpha value is -3.47. The number of pyridine rings is 2. The summed E-state index contributed by atoms with van der Waals surface area (Å²) in [6, 6.07) is 17.4. The van der Waals surface area contributed by atoms with Crippen LogP contribution in [0.15, 0.2) is 73.2 Å². The van der Waals surface area contributed by atoms with E-state index in [-0.39, 0.29) is 0 Å². The number of fused-ring (bicyclic) bond motifs is 1. The third kappa shape index (κ3) is 2.32. The van der Waals surface area contributed by atoms with E-state index in [9.17, 15) is 0 Å². The Bertz CT molecular complexity index is 1020. The molecule has 0 fully saturated rings. The first kappa shape index (κ1) is 14.1. The van der Waals surface area contributed by atoms with Crippen molar-refractivity contribution in [3.05, 3.63) is 84.3 Å². The molecule has 24 heavy (non-hydrogen) atoms. The van der Waals surface area contributed by atoms with Gasteiger partial charge in [-0.25, -0.2) is 4.98 Å². The van der Waals surface area contributed by atoms with Gasteiger partial charge in [-0.05, 0) is 24.3 Å². The molecule has 0 aliphatic rings. The molecule has 0 spiro atoms. The SMILES string of the molecule is N=C(c1cccnc1)c1ccc2nc(N)c(-c3ccccc3)n2c1.